The normalized spacial score (nSPS) is 10.5. The maximum Gasteiger partial charge on any atom is 0.352 e. The van der Waals surface area contributed by atoms with Gasteiger partial charge in [0.1, 0.15) is 5.69 Å². The van der Waals surface area contributed by atoms with E-state index in [0.717, 1.165) is 3.57 Å². The van der Waals surface area contributed by atoms with Crippen LogP contribution in [0.15, 0.2) is 30.5 Å². The number of Topliss-reactive ketones (excluding diaryl/α,β-unsaturated/α-hetero) is 1. The van der Waals surface area contributed by atoms with Gasteiger partial charge in [-0.05, 0) is 53.8 Å². The third-order valence-corrected chi connectivity index (χ3v) is 3.59. The fourth-order valence-electron chi connectivity index (χ4n) is 1.70. The third-order valence-electron chi connectivity index (χ3n) is 2.61. The molecule has 1 aromatic heterocycles. The molecule has 0 saturated carbocycles. The lowest BCUT2D eigenvalue weighted by atomic mass is 10.2. The third kappa shape index (κ3) is 2.82. The number of hydrogen-bond donors (Lipinski definition) is 1. The summed E-state index contributed by atoms with van der Waals surface area (Å²) < 4.78 is 2.36. The second-order valence-electron chi connectivity index (χ2n) is 3.94. The van der Waals surface area contributed by atoms with Crippen LogP contribution in [0.25, 0.3) is 5.69 Å². The molecular weight excluding hydrogens is 381 g/mol. The fraction of sp³-hybridized carbons (Fsp3) is 0.0769. The van der Waals surface area contributed by atoms with Crippen molar-refractivity contribution >= 4 is 45.9 Å². The van der Waals surface area contributed by atoms with E-state index in [0.29, 0.717) is 16.3 Å². The second-order valence-corrected chi connectivity index (χ2v) is 5.59. The maximum atomic E-state index is 11.4. The molecule has 1 heterocycles. The Hall–Kier alpha value is -1.34. The van der Waals surface area contributed by atoms with Gasteiger partial charge in [-0.15, -0.1) is 0 Å². The molecule has 0 spiro atoms. The molecule has 2 rings (SSSR count). The summed E-state index contributed by atoms with van der Waals surface area (Å²) in [5.41, 5.74) is 0.882. The first-order chi connectivity index (χ1) is 8.90. The highest BCUT2D eigenvalue weighted by Gasteiger charge is 2.17. The number of carboxylic acid groups (broad SMARTS) is 1. The number of carbonyl (C=O) groups excluding carboxylic acids is 1. The predicted octanol–water partition coefficient (Wildman–Crippen LogP) is 3.64. The van der Waals surface area contributed by atoms with E-state index in [4.69, 9.17) is 11.6 Å². The number of halogens is 2. The van der Waals surface area contributed by atoms with E-state index in [1.54, 1.807) is 12.1 Å². The van der Waals surface area contributed by atoms with Gasteiger partial charge in [0.2, 0.25) is 0 Å². The van der Waals surface area contributed by atoms with Crippen LogP contribution >= 0.6 is 34.2 Å². The summed E-state index contributed by atoms with van der Waals surface area (Å²) in [6.07, 6.45) is 1.49. The molecule has 1 aromatic carbocycles. The zero-order valence-corrected chi connectivity index (χ0v) is 12.8. The van der Waals surface area contributed by atoms with E-state index in [1.165, 1.54) is 23.8 Å². The molecule has 0 fully saturated rings. The first kappa shape index (κ1) is 14.1. The van der Waals surface area contributed by atoms with E-state index in [1.807, 2.05) is 6.07 Å². The number of nitrogens with zero attached hydrogens (tertiary/aromatic N) is 1. The summed E-state index contributed by atoms with van der Waals surface area (Å²) in [7, 11) is 0. The molecular formula is C13H9ClINO3. The van der Waals surface area contributed by atoms with Crippen molar-refractivity contribution in [3.8, 4) is 5.69 Å². The molecule has 0 unspecified atom stereocenters. The van der Waals surface area contributed by atoms with Gasteiger partial charge in [-0.2, -0.15) is 0 Å². The van der Waals surface area contributed by atoms with Crippen molar-refractivity contribution in [1.82, 2.24) is 4.57 Å². The molecule has 0 aliphatic carbocycles. The number of ketones is 1. The highest BCUT2D eigenvalue weighted by atomic mass is 127. The van der Waals surface area contributed by atoms with Gasteiger partial charge >= 0.3 is 5.97 Å². The van der Waals surface area contributed by atoms with Crippen LogP contribution in [-0.4, -0.2) is 21.4 Å². The Morgan fingerprint density at radius 1 is 1.32 bits per heavy atom. The van der Waals surface area contributed by atoms with E-state index in [-0.39, 0.29) is 11.5 Å². The van der Waals surface area contributed by atoms with Gasteiger partial charge in [-0.25, -0.2) is 4.79 Å². The molecule has 0 amide bonds. The highest BCUT2D eigenvalue weighted by molar-refractivity contribution is 14.1. The Kier molecular flexibility index (Phi) is 3.96. The van der Waals surface area contributed by atoms with Crippen molar-refractivity contribution in [2.24, 2.45) is 0 Å². The van der Waals surface area contributed by atoms with Crippen LogP contribution in [0, 0.1) is 3.57 Å². The summed E-state index contributed by atoms with van der Waals surface area (Å²) in [5, 5.41) is 9.62. The Bertz CT molecular complexity index is 679. The first-order valence-corrected chi connectivity index (χ1v) is 6.78. The molecule has 0 atom stereocenters. The quantitative estimate of drug-likeness (QED) is 0.644. The standard InChI is InChI=1S/C13H9ClINO3/c1-7(17)8-4-12(13(18)19)16(6-8)11-3-2-9(15)5-10(11)14/h2-6H,1H3,(H,18,19). The molecule has 4 nitrogen and oxygen atoms in total. The Morgan fingerprint density at radius 2 is 2.00 bits per heavy atom. The first-order valence-electron chi connectivity index (χ1n) is 5.32. The molecule has 6 heteroatoms. The molecule has 0 bridgehead atoms. The van der Waals surface area contributed by atoms with Crippen LogP contribution in [0.2, 0.25) is 5.02 Å². The minimum Gasteiger partial charge on any atom is -0.477 e. The fourth-order valence-corrected chi connectivity index (χ4v) is 2.64. The summed E-state index contributed by atoms with van der Waals surface area (Å²) in [6.45, 7) is 1.39. The van der Waals surface area contributed by atoms with E-state index >= 15 is 0 Å². The minimum absolute atomic E-state index is 0.00769. The summed E-state index contributed by atoms with van der Waals surface area (Å²) in [4.78, 5) is 22.6. The van der Waals surface area contributed by atoms with Crippen LogP contribution in [0.5, 0.6) is 0 Å². The van der Waals surface area contributed by atoms with Crippen LogP contribution in [0.4, 0.5) is 0 Å². The van der Waals surface area contributed by atoms with Crippen LogP contribution < -0.4 is 0 Å². The lowest BCUT2D eigenvalue weighted by molar-refractivity contribution is 0.0688. The molecule has 0 aliphatic rings. The zero-order valence-electron chi connectivity index (χ0n) is 9.85. The van der Waals surface area contributed by atoms with Crippen LogP contribution in [-0.2, 0) is 0 Å². The average molecular weight is 390 g/mol. The van der Waals surface area contributed by atoms with Gasteiger partial charge in [0.25, 0.3) is 0 Å². The summed E-state index contributed by atoms with van der Waals surface area (Å²) in [5.74, 6) is -1.30. The number of aromatic nitrogens is 1. The minimum atomic E-state index is -1.11. The molecule has 19 heavy (non-hydrogen) atoms. The van der Waals surface area contributed by atoms with Gasteiger partial charge in [0.15, 0.2) is 5.78 Å². The van der Waals surface area contributed by atoms with Gasteiger partial charge < -0.3 is 9.67 Å². The molecule has 0 saturated heterocycles. The topological polar surface area (TPSA) is 59.3 Å². The second kappa shape index (κ2) is 5.34. The molecule has 0 aliphatic heterocycles. The number of hydrogen-bond acceptors (Lipinski definition) is 2. The van der Waals surface area contributed by atoms with Gasteiger partial charge in [-0.3, -0.25) is 4.79 Å². The Labute approximate surface area is 128 Å². The van der Waals surface area contributed by atoms with E-state index in [2.05, 4.69) is 22.6 Å². The van der Waals surface area contributed by atoms with Crippen molar-refractivity contribution < 1.29 is 14.7 Å². The monoisotopic (exact) mass is 389 g/mol. The lowest BCUT2D eigenvalue weighted by Crippen LogP contribution is -2.06. The van der Waals surface area contributed by atoms with Crippen molar-refractivity contribution in [1.29, 1.82) is 0 Å². The van der Waals surface area contributed by atoms with Crippen LogP contribution in [0.1, 0.15) is 27.8 Å². The number of carboxylic acids is 1. The largest absolute Gasteiger partial charge is 0.477 e. The molecule has 1 N–H and O–H groups in total. The molecule has 0 radical (unpaired) electrons. The van der Waals surface area contributed by atoms with E-state index < -0.39 is 5.97 Å². The number of rotatable bonds is 3. The van der Waals surface area contributed by atoms with E-state index in [9.17, 15) is 14.7 Å². The SMILES string of the molecule is CC(=O)c1cc(C(=O)O)n(-c2ccc(I)cc2Cl)c1. The summed E-state index contributed by atoms with van der Waals surface area (Å²) in [6, 6.07) is 6.62. The number of benzene rings is 1. The number of aromatic carboxylic acids is 1. The smallest absolute Gasteiger partial charge is 0.352 e. The molecule has 98 valence electrons. The Morgan fingerprint density at radius 3 is 2.53 bits per heavy atom. The maximum absolute atomic E-state index is 11.4. The average Bonchev–Trinajstić information content (AvgIpc) is 2.73. The van der Waals surface area contributed by atoms with Crippen molar-refractivity contribution in [2.75, 3.05) is 0 Å². The van der Waals surface area contributed by atoms with Crippen molar-refractivity contribution in [2.45, 2.75) is 6.92 Å². The lowest BCUT2D eigenvalue weighted by Gasteiger charge is -2.08. The van der Waals surface area contributed by atoms with Gasteiger partial charge in [0, 0.05) is 15.3 Å². The summed E-state index contributed by atoms with van der Waals surface area (Å²) >= 11 is 8.24. The van der Waals surface area contributed by atoms with Crippen molar-refractivity contribution in [3.05, 3.63) is 50.3 Å². The predicted molar refractivity (Wildman–Crippen MR) is 80.5 cm³/mol. The van der Waals surface area contributed by atoms with Gasteiger partial charge in [0.05, 0.1) is 10.7 Å². The number of carbonyl (C=O) groups is 2. The van der Waals surface area contributed by atoms with Crippen molar-refractivity contribution in [3.63, 3.8) is 0 Å². The van der Waals surface area contributed by atoms with Gasteiger partial charge in [-0.1, -0.05) is 11.6 Å². The van der Waals surface area contributed by atoms with Crippen LogP contribution in [0.3, 0.4) is 0 Å². The Balaban J connectivity index is 2.66. The zero-order chi connectivity index (χ0) is 14.2. The molecule has 2 aromatic rings. The highest BCUT2D eigenvalue weighted by Crippen LogP contribution is 2.25.